The van der Waals surface area contributed by atoms with Gasteiger partial charge in [-0.05, 0) is 41.8 Å². The summed E-state index contributed by atoms with van der Waals surface area (Å²) in [5, 5.41) is 8.33. The van der Waals surface area contributed by atoms with Crippen molar-refractivity contribution in [2.75, 3.05) is 5.32 Å². The number of anilines is 1. The number of nitrogens with zero attached hydrogens (tertiary/aromatic N) is 1. The van der Waals surface area contributed by atoms with Crippen LogP contribution in [-0.4, -0.2) is 23.0 Å². The van der Waals surface area contributed by atoms with Crippen molar-refractivity contribution in [1.82, 2.24) is 15.6 Å². The summed E-state index contributed by atoms with van der Waals surface area (Å²) in [6, 6.07) is 10.2. The molecular formula is C18H23N5O2. The van der Waals surface area contributed by atoms with Crippen molar-refractivity contribution in [2.24, 2.45) is 5.73 Å². The molecule has 0 aliphatic carbocycles. The number of nitrogens with one attached hydrogen (secondary N) is 3. The summed E-state index contributed by atoms with van der Waals surface area (Å²) in [7, 11) is 0. The van der Waals surface area contributed by atoms with Crippen LogP contribution in [0.5, 0.6) is 0 Å². The molecule has 0 saturated carbocycles. The topological polar surface area (TPSA) is 109 Å². The fourth-order valence-electron chi connectivity index (χ4n) is 2.12. The number of pyridine rings is 1. The van der Waals surface area contributed by atoms with Gasteiger partial charge >= 0.3 is 6.03 Å². The van der Waals surface area contributed by atoms with Crippen molar-refractivity contribution in [3.8, 4) is 0 Å². The number of carbonyl (C=O) groups excluding carboxylic acids is 2. The van der Waals surface area contributed by atoms with E-state index in [0.717, 1.165) is 11.1 Å². The van der Waals surface area contributed by atoms with Crippen LogP contribution in [0.2, 0.25) is 0 Å². The molecule has 0 spiro atoms. The molecule has 132 valence electrons. The number of nitrogens with two attached hydrogens (primary N) is 1. The predicted octanol–water partition coefficient (Wildman–Crippen LogP) is 1.76. The van der Waals surface area contributed by atoms with E-state index in [4.69, 9.17) is 5.73 Å². The maximum absolute atomic E-state index is 12.0. The Morgan fingerprint density at radius 3 is 2.52 bits per heavy atom. The molecular weight excluding hydrogens is 318 g/mol. The first-order valence-electron chi connectivity index (χ1n) is 8.14. The molecule has 0 unspecified atom stereocenters. The van der Waals surface area contributed by atoms with Gasteiger partial charge in [0.25, 0.3) is 0 Å². The number of hydrogen-bond acceptors (Lipinski definition) is 4. The summed E-state index contributed by atoms with van der Waals surface area (Å²) in [6.07, 6.45) is 3.94. The summed E-state index contributed by atoms with van der Waals surface area (Å²) >= 11 is 0. The molecule has 1 aromatic carbocycles. The number of rotatable bonds is 7. The first kappa shape index (κ1) is 18.4. The number of hydrogen-bond donors (Lipinski definition) is 4. The average Bonchev–Trinajstić information content (AvgIpc) is 2.65. The summed E-state index contributed by atoms with van der Waals surface area (Å²) in [5.41, 5.74) is 8.17. The summed E-state index contributed by atoms with van der Waals surface area (Å²) < 4.78 is 0. The highest BCUT2D eigenvalue weighted by Gasteiger charge is 2.10. The summed E-state index contributed by atoms with van der Waals surface area (Å²) in [6.45, 7) is 2.64. The Bertz CT molecular complexity index is 706. The van der Waals surface area contributed by atoms with E-state index in [1.807, 2.05) is 37.3 Å². The first-order valence-corrected chi connectivity index (χ1v) is 8.14. The Balaban J connectivity index is 1.84. The Morgan fingerprint density at radius 2 is 1.80 bits per heavy atom. The fraction of sp³-hybridized carbons (Fsp3) is 0.278. The lowest BCUT2D eigenvalue weighted by Gasteiger charge is -2.11. The molecule has 0 aliphatic rings. The van der Waals surface area contributed by atoms with Crippen LogP contribution >= 0.6 is 0 Å². The number of benzene rings is 1. The Labute approximate surface area is 147 Å². The van der Waals surface area contributed by atoms with E-state index >= 15 is 0 Å². The Hall–Kier alpha value is -2.93. The Kier molecular flexibility index (Phi) is 6.91. The van der Waals surface area contributed by atoms with Crippen molar-refractivity contribution in [3.63, 3.8) is 0 Å². The lowest BCUT2D eigenvalue weighted by Crippen LogP contribution is -2.39. The molecule has 0 aliphatic heterocycles. The number of carbonyl (C=O) groups is 2. The third kappa shape index (κ3) is 6.23. The highest BCUT2D eigenvalue weighted by atomic mass is 16.2. The van der Waals surface area contributed by atoms with Crippen molar-refractivity contribution >= 4 is 17.6 Å². The number of amides is 3. The Morgan fingerprint density at radius 1 is 1.08 bits per heavy atom. The number of urea groups is 1. The van der Waals surface area contributed by atoms with Gasteiger partial charge in [0.1, 0.15) is 0 Å². The van der Waals surface area contributed by atoms with Crippen LogP contribution in [0, 0.1) is 0 Å². The third-order valence-corrected chi connectivity index (χ3v) is 3.63. The molecule has 1 atom stereocenters. The van der Waals surface area contributed by atoms with Crippen LogP contribution in [-0.2, 0) is 17.9 Å². The minimum absolute atomic E-state index is 0.184. The molecule has 1 heterocycles. The molecule has 3 amide bonds. The molecule has 7 nitrogen and oxygen atoms in total. The molecule has 25 heavy (non-hydrogen) atoms. The molecule has 0 fully saturated rings. The third-order valence-electron chi connectivity index (χ3n) is 3.63. The van der Waals surface area contributed by atoms with Gasteiger partial charge in [-0.15, -0.1) is 0 Å². The molecule has 0 saturated heterocycles. The zero-order valence-corrected chi connectivity index (χ0v) is 14.2. The van der Waals surface area contributed by atoms with E-state index < -0.39 is 6.04 Å². The van der Waals surface area contributed by atoms with Crippen LogP contribution in [0.3, 0.4) is 0 Å². The standard InChI is InChI=1S/C18H23N5O2/c1-2-16(19)17(24)21-12-14-4-3-5-15(10-14)23-18(25)22-11-13-6-8-20-9-7-13/h3-10,16H,2,11-12,19H2,1H3,(H,21,24)(H2,22,23,25)/t16-/m0/s1. The minimum Gasteiger partial charge on any atom is -0.351 e. The maximum Gasteiger partial charge on any atom is 0.319 e. The summed E-state index contributed by atoms with van der Waals surface area (Å²) in [5.74, 6) is -0.184. The van der Waals surface area contributed by atoms with E-state index in [2.05, 4.69) is 20.9 Å². The highest BCUT2D eigenvalue weighted by Crippen LogP contribution is 2.10. The largest absolute Gasteiger partial charge is 0.351 e. The van der Waals surface area contributed by atoms with Crippen molar-refractivity contribution in [3.05, 3.63) is 59.9 Å². The number of aromatic nitrogens is 1. The van der Waals surface area contributed by atoms with Crippen molar-refractivity contribution in [1.29, 1.82) is 0 Å². The minimum atomic E-state index is -0.500. The van der Waals surface area contributed by atoms with E-state index in [1.54, 1.807) is 18.5 Å². The zero-order chi connectivity index (χ0) is 18.1. The van der Waals surface area contributed by atoms with E-state index in [0.29, 0.717) is 25.2 Å². The van der Waals surface area contributed by atoms with Crippen LogP contribution in [0.1, 0.15) is 24.5 Å². The van der Waals surface area contributed by atoms with Gasteiger partial charge in [0.15, 0.2) is 0 Å². The van der Waals surface area contributed by atoms with Gasteiger partial charge in [0.05, 0.1) is 6.04 Å². The van der Waals surface area contributed by atoms with Crippen LogP contribution in [0.4, 0.5) is 10.5 Å². The molecule has 7 heteroatoms. The van der Waals surface area contributed by atoms with Gasteiger partial charge < -0.3 is 21.7 Å². The van der Waals surface area contributed by atoms with Gasteiger partial charge in [-0.1, -0.05) is 19.1 Å². The first-order chi connectivity index (χ1) is 12.1. The summed E-state index contributed by atoms with van der Waals surface area (Å²) in [4.78, 5) is 27.6. The van der Waals surface area contributed by atoms with Crippen LogP contribution in [0.25, 0.3) is 0 Å². The van der Waals surface area contributed by atoms with Crippen LogP contribution < -0.4 is 21.7 Å². The molecule has 2 aromatic rings. The molecule has 0 radical (unpaired) electrons. The van der Waals surface area contributed by atoms with Gasteiger partial charge in [0.2, 0.25) is 5.91 Å². The average molecular weight is 341 g/mol. The SMILES string of the molecule is CC[C@H](N)C(=O)NCc1cccc(NC(=O)NCc2ccncc2)c1. The van der Waals surface area contributed by atoms with Gasteiger partial charge in [-0.2, -0.15) is 0 Å². The molecule has 1 aromatic heterocycles. The van der Waals surface area contributed by atoms with Crippen molar-refractivity contribution in [2.45, 2.75) is 32.5 Å². The van der Waals surface area contributed by atoms with E-state index in [9.17, 15) is 9.59 Å². The van der Waals surface area contributed by atoms with Gasteiger partial charge in [-0.25, -0.2) is 4.79 Å². The van der Waals surface area contributed by atoms with Crippen LogP contribution in [0.15, 0.2) is 48.8 Å². The molecule has 2 rings (SSSR count). The predicted molar refractivity (Wildman–Crippen MR) is 96.7 cm³/mol. The second-order valence-corrected chi connectivity index (χ2v) is 5.60. The second kappa shape index (κ2) is 9.39. The van der Waals surface area contributed by atoms with E-state index in [1.165, 1.54) is 0 Å². The monoisotopic (exact) mass is 341 g/mol. The highest BCUT2D eigenvalue weighted by molar-refractivity contribution is 5.89. The van der Waals surface area contributed by atoms with Gasteiger partial charge in [0, 0.05) is 31.2 Å². The second-order valence-electron chi connectivity index (χ2n) is 5.60. The van der Waals surface area contributed by atoms with E-state index in [-0.39, 0.29) is 11.9 Å². The lowest BCUT2D eigenvalue weighted by atomic mass is 10.2. The normalized spacial score (nSPS) is 11.4. The molecule has 5 N–H and O–H groups in total. The van der Waals surface area contributed by atoms with Gasteiger partial charge in [-0.3, -0.25) is 9.78 Å². The zero-order valence-electron chi connectivity index (χ0n) is 14.2. The quantitative estimate of drug-likeness (QED) is 0.615. The fourth-order valence-corrected chi connectivity index (χ4v) is 2.12. The smallest absolute Gasteiger partial charge is 0.319 e. The van der Waals surface area contributed by atoms with Crippen molar-refractivity contribution < 1.29 is 9.59 Å². The lowest BCUT2D eigenvalue weighted by molar-refractivity contribution is -0.122. The molecule has 0 bridgehead atoms. The maximum atomic E-state index is 12.0.